The summed E-state index contributed by atoms with van der Waals surface area (Å²) in [7, 11) is 0. The van der Waals surface area contributed by atoms with Crippen LogP contribution in [0, 0.1) is 0 Å². The number of rotatable bonds is 2. The monoisotopic (exact) mass is 378 g/mol. The van der Waals surface area contributed by atoms with Crippen LogP contribution >= 0.6 is 11.6 Å². The molecule has 0 fully saturated rings. The lowest BCUT2D eigenvalue weighted by molar-refractivity contribution is -0.126. The summed E-state index contributed by atoms with van der Waals surface area (Å²) in [5.41, 5.74) is 2.28. The average Bonchev–Trinajstić information content (AvgIpc) is 3.22. The van der Waals surface area contributed by atoms with Crippen molar-refractivity contribution in [1.82, 2.24) is 10.2 Å². The third-order valence-electron chi connectivity index (χ3n) is 5.31. The molecule has 27 heavy (non-hydrogen) atoms. The number of aromatic nitrogens is 2. The van der Waals surface area contributed by atoms with Gasteiger partial charge in [-0.1, -0.05) is 41.9 Å². The van der Waals surface area contributed by atoms with E-state index in [9.17, 15) is 9.59 Å². The van der Waals surface area contributed by atoms with Crippen LogP contribution in [0.4, 0.5) is 11.5 Å². The lowest BCUT2D eigenvalue weighted by Crippen LogP contribution is -2.46. The summed E-state index contributed by atoms with van der Waals surface area (Å²) < 4.78 is 0. The van der Waals surface area contributed by atoms with Crippen LogP contribution in [0.15, 0.2) is 54.7 Å². The summed E-state index contributed by atoms with van der Waals surface area (Å²) in [6.07, 6.45) is 1.70. The maximum Gasteiger partial charge on any atom is 0.243 e. The van der Waals surface area contributed by atoms with Crippen molar-refractivity contribution in [2.75, 3.05) is 10.2 Å². The predicted octanol–water partition coefficient (Wildman–Crippen LogP) is 3.24. The van der Waals surface area contributed by atoms with Crippen molar-refractivity contribution in [3.63, 3.8) is 0 Å². The normalized spacial score (nSPS) is 20.6. The van der Waals surface area contributed by atoms with Crippen molar-refractivity contribution < 1.29 is 9.59 Å². The van der Waals surface area contributed by atoms with Crippen molar-refractivity contribution in [2.45, 2.75) is 18.4 Å². The Morgan fingerprint density at radius 3 is 2.67 bits per heavy atom. The van der Waals surface area contributed by atoms with Crippen molar-refractivity contribution >= 4 is 34.9 Å². The number of carbonyl (C=O) groups is 2. The number of fused-ring (bicyclic) bond motifs is 4. The molecule has 6 nitrogen and oxygen atoms in total. The minimum absolute atomic E-state index is 0.0620. The first-order valence-electron chi connectivity index (χ1n) is 8.59. The molecule has 1 atom stereocenters. The van der Waals surface area contributed by atoms with Gasteiger partial charge in [0, 0.05) is 22.7 Å². The van der Waals surface area contributed by atoms with E-state index in [1.54, 1.807) is 23.2 Å². The third kappa shape index (κ3) is 2.23. The first kappa shape index (κ1) is 16.1. The number of anilines is 2. The fourth-order valence-corrected chi connectivity index (χ4v) is 4.24. The standard InChI is InChI=1S/C20H15ClN4O2/c21-13-7-5-12(6-8-13)11-25-16-4-2-1-3-14(16)20(19(25)27)9-17(26)23-18-15(20)10-22-24-18/h1-8,10H,9,11H2,(H2,22,23,24,26)/t20-/m0/s1. The number of halogens is 1. The number of para-hydroxylation sites is 1. The lowest BCUT2D eigenvalue weighted by atomic mass is 9.72. The van der Waals surface area contributed by atoms with Gasteiger partial charge in [0.2, 0.25) is 11.8 Å². The van der Waals surface area contributed by atoms with Gasteiger partial charge in [-0.05, 0) is 29.3 Å². The zero-order chi connectivity index (χ0) is 18.6. The number of nitrogens with zero attached hydrogens (tertiary/aromatic N) is 2. The van der Waals surface area contributed by atoms with E-state index in [2.05, 4.69) is 15.5 Å². The van der Waals surface area contributed by atoms with Gasteiger partial charge < -0.3 is 10.2 Å². The molecule has 3 aromatic rings. The van der Waals surface area contributed by atoms with Crippen LogP contribution in [0.1, 0.15) is 23.1 Å². The number of nitrogens with one attached hydrogen (secondary N) is 2. The molecule has 2 aliphatic rings. The Morgan fingerprint density at radius 2 is 1.85 bits per heavy atom. The molecule has 2 aromatic carbocycles. The molecule has 1 spiro atoms. The second-order valence-corrected chi connectivity index (χ2v) is 7.26. The second-order valence-electron chi connectivity index (χ2n) is 6.82. The molecule has 0 saturated carbocycles. The Morgan fingerprint density at radius 1 is 1.07 bits per heavy atom. The van der Waals surface area contributed by atoms with Crippen molar-refractivity contribution in [1.29, 1.82) is 0 Å². The van der Waals surface area contributed by atoms with Crippen LogP contribution < -0.4 is 10.2 Å². The van der Waals surface area contributed by atoms with E-state index in [1.165, 1.54) is 0 Å². The molecule has 2 N–H and O–H groups in total. The van der Waals surface area contributed by atoms with E-state index in [-0.39, 0.29) is 18.2 Å². The quantitative estimate of drug-likeness (QED) is 0.718. The molecule has 5 rings (SSSR count). The maximum absolute atomic E-state index is 13.7. The zero-order valence-corrected chi connectivity index (χ0v) is 15.0. The summed E-state index contributed by atoms with van der Waals surface area (Å²) in [4.78, 5) is 27.8. The lowest BCUT2D eigenvalue weighted by Gasteiger charge is -2.31. The van der Waals surface area contributed by atoms with Crippen LogP contribution in [-0.4, -0.2) is 22.0 Å². The Balaban J connectivity index is 1.67. The SMILES string of the molecule is O=C1C[C@@]2(C(=O)N(Cc3ccc(Cl)cc3)c3ccccc32)c2cn[nH]c2N1. The molecule has 0 unspecified atom stereocenters. The van der Waals surface area contributed by atoms with E-state index >= 15 is 0 Å². The van der Waals surface area contributed by atoms with Gasteiger partial charge in [-0.3, -0.25) is 14.7 Å². The summed E-state index contributed by atoms with van der Waals surface area (Å²) in [5.74, 6) is 0.169. The molecule has 2 amide bonds. The number of hydrogen-bond donors (Lipinski definition) is 2. The molecule has 7 heteroatoms. The highest BCUT2D eigenvalue weighted by atomic mass is 35.5. The summed E-state index contributed by atoms with van der Waals surface area (Å²) in [6.45, 7) is 0.406. The van der Waals surface area contributed by atoms with E-state index < -0.39 is 5.41 Å². The molecule has 3 heterocycles. The van der Waals surface area contributed by atoms with Gasteiger partial charge in [0.25, 0.3) is 0 Å². The zero-order valence-electron chi connectivity index (χ0n) is 14.2. The number of carbonyl (C=O) groups excluding carboxylic acids is 2. The van der Waals surface area contributed by atoms with Crippen molar-refractivity contribution in [3.8, 4) is 0 Å². The molecular formula is C20H15ClN4O2. The van der Waals surface area contributed by atoms with E-state index in [0.717, 1.165) is 16.8 Å². The molecular weight excluding hydrogens is 364 g/mol. The molecule has 2 aliphatic heterocycles. The number of H-pyrrole nitrogens is 1. The van der Waals surface area contributed by atoms with Crippen LogP contribution in [0.5, 0.6) is 0 Å². The van der Waals surface area contributed by atoms with Gasteiger partial charge in [-0.25, -0.2) is 0 Å². The van der Waals surface area contributed by atoms with Gasteiger partial charge in [0.15, 0.2) is 0 Å². The van der Waals surface area contributed by atoms with Gasteiger partial charge in [0.1, 0.15) is 11.2 Å². The van der Waals surface area contributed by atoms with Crippen molar-refractivity contribution in [2.24, 2.45) is 0 Å². The van der Waals surface area contributed by atoms with Crippen molar-refractivity contribution in [3.05, 3.63) is 76.4 Å². The summed E-state index contributed by atoms with van der Waals surface area (Å²) >= 11 is 5.98. The number of amides is 2. The number of aromatic amines is 1. The first-order chi connectivity index (χ1) is 13.1. The van der Waals surface area contributed by atoms with Gasteiger partial charge in [0.05, 0.1) is 12.7 Å². The number of benzene rings is 2. The summed E-state index contributed by atoms with van der Waals surface area (Å²) in [5, 5.41) is 10.3. The second kappa shape index (κ2) is 5.69. The highest BCUT2D eigenvalue weighted by Gasteiger charge is 2.56. The van der Waals surface area contributed by atoms with Gasteiger partial charge in [-0.15, -0.1) is 0 Å². The predicted molar refractivity (Wildman–Crippen MR) is 102 cm³/mol. The van der Waals surface area contributed by atoms with E-state index in [1.807, 2.05) is 36.4 Å². The first-order valence-corrected chi connectivity index (χ1v) is 8.97. The molecule has 0 radical (unpaired) electrons. The minimum Gasteiger partial charge on any atom is -0.311 e. The molecule has 1 aromatic heterocycles. The molecule has 0 bridgehead atoms. The largest absolute Gasteiger partial charge is 0.311 e. The Bertz CT molecular complexity index is 1080. The van der Waals surface area contributed by atoms with Crippen LogP contribution in [0.25, 0.3) is 0 Å². The molecule has 134 valence electrons. The maximum atomic E-state index is 13.7. The average molecular weight is 379 g/mol. The van der Waals surface area contributed by atoms with Crippen LogP contribution in [-0.2, 0) is 21.5 Å². The topological polar surface area (TPSA) is 78.1 Å². The molecule has 0 aliphatic carbocycles. The highest BCUT2D eigenvalue weighted by molar-refractivity contribution is 6.30. The summed E-state index contributed by atoms with van der Waals surface area (Å²) in [6, 6.07) is 15.1. The highest BCUT2D eigenvalue weighted by Crippen LogP contribution is 2.51. The third-order valence-corrected chi connectivity index (χ3v) is 5.56. The number of hydrogen-bond acceptors (Lipinski definition) is 3. The van der Waals surface area contributed by atoms with Crippen LogP contribution in [0.2, 0.25) is 5.02 Å². The van der Waals surface area contributed by atoms with Gasteiger partial charge >= 0.3 is 0 Å². The molecule has 0 saturated heterocycles. The minimum atomic E-state index is -1.05. The Kier molecular flexibility index (Phi) is 3.39. The van der Waals surface area contributed by atoms with E-state index in [0.29, 0.717) is 22.9 Å². The van der Waals surface area contributed by atoms with E-state index in [4.69, 9.17) is 11.6 Å². The fourth-order valence-electron chi connectivity index (χ4n) is 4.11. The Hall–Kier alpha value is -3.12. The Labute approximate surface area is 160 Å². The van der Waals surface area contributed by atoms with Gasteiger partial charge in [-0.2, -0.15) is 5.10 Å². The fraction of sp³-hybridized carbons (Fsp3) is 0.150. The van der Waals surface area contributed by atoms with Crippen LogP contribution in [0.3, 0.4) is 0 Å². The smallest absolute Gasteiger partial charge is 0.243 e.